The first-order chi connectivity index (χ1) is 31.1. The lowest BCUT2D eigenvalue weighted by atomic mass is 9.91. The number of nitriles is 1. The van der Waals surface area contributed by atoms with Gasteiger partial charge in [-0.2, -0.15) is 5.26 Å². The first-order valence-corrected chi connectivity index (χ1v) is 22.9. The van der Waals surface area contributed by atoms with E-state index in [0.717, 1.165) is 36.6 Å². The smallest absolute Gasteiger partial charge is 0.264 e. The highest BCUT2D eigenvalue weighted by Gasteiger charge is 2.61. The first-order valence-electron chi connectivity index (χ1n) is 21.8. The monoisotopic (exact) mass is 983 g/mol. The topological polar surface area (TPSA) is 125 Å². The number of benzene rings is 5. The van der Waals surface area contributed by atoms with Gasteiger partial charge in [-0.15, -0.1) is 0 Å². The fraction of sp³-hybridized carbons (Fsp3) is 0.431. The highest BCUT2D eigenvalue weighted by atomic mass is 127. The molecule has 13 heteroatoms. The molecular weight excluding hydrogens is 929 g/mol. The van der Waals surface area contributed by atoms with Gasteiger partial charge in [0.25, 0.3) is 5.79 Å². The van der Waals surface area contributed by atoms with Crippen molar-refractivity contribution in [3.05, 3.63) is 153 Å². The molecule has 4 fully saturated rings. The van der Waals surface area contributed by atoms with Gasteiger partial charge in [-0.3, -0.25) is 0 Å². The fourth-order valence-electron chi connectivity index (χ4n) is 9.10. The maximum Gasteiger partial charge on any atom is 0.264 e. The average Bonchev–Trinajstić information content (AvgIpc) is 3.64. The predicted octanol–water partition coefficient (Wildman–Crippen LogP) is 8.40. The van der Waals surface area contributed by atoms with Crippen LogP contribution >= 0.6 is 22.6 Å². The lowest BCUT2D eigenvalue weighted by molar-refractivity contribution is -0.415. The molecule has 0 amide bonds. The zero-order valence-corrected chi connectivity index (χ0v) is 38.5. The summed E-state index contributed by atoms with van der Waals surface area (Å²) in [5, 5.41) is 13.4. The summed E-state index contributed by atoms with van der Waals surface area (Å²) in [4.78, 5) is 0. The minimum absolute atomic E-state index is 0.0721. The number of methoxy groups -OCH3 is 1. The van der Waals surface area contributed by atoms with Crippen molar-refractivity contribution in [3.8, 4) is 6.07 Å². The normalized spacial score (nSPS) is 32.1. The number of rotatable bonds is 15. The van der Waals surface area contributed by atoms with E-state index in [0.29, 0.717) is 6.61 Å². The van der Waals surface area contributed by atoms with Gasteiger partial charge in [-0.1, -0.05) is 115 Å². The minimum Gasteiger partial charge on any atom is -0.374 e. The van der Waals surface area contributed by atoms with E-state index in [2.05, 4.69) is 59.0 Å². The summed E-state index contributed by atoms with van der Waals surface area (Å²) in [5.41, 5.74) is 3.77. The second-order valence-corrected chi connectivity index (χ2v) is 18.3. The van der Waals surface area contributed by atoms with Crippen LogP contribution in [0.5, 0.6) is 0 Å². The Kier molecular flexibility index (Phi) is 14.1. The van der Waals surface area contributed by atoms with E-state index in [1.54, 1.807) is 7.11 Å². The maximum atomic E-state index is 11.2. The molecule has 0 bridgehead atoms. The second kappa shape index (κ2) is 19.9. The molecule has 0 aromatic heterocycles. The molecule has 12 atom stereocenters. The van der Waals surface area contributed by atoms with Gasteiger partial charge in [-0.05, 0) is 88.5 Å². The zero-order chi connectivity index (χ0) is 44.3. The Labute approximate surface area is 388 Å². The Morgan fingerprint density at radius 1 is 0.625 bits per heavy atom. The van der Waals surface area contributed by atoms with Crippen LogP contribution in [0.2, 0.25) is 0 Å². The molecule has 0 aliphatic carbocycles. The average molecular weight is 984 g/mol. The molecule has 0 N–H and O–H groups in total. The van der Waals surface area contributed by atoms with Crippen LogP contribution in [0.15, 0.2) is 127 Å². The van der Waals surface area contributed by atoms with Crippen LogP contribution in [-0.4, -0.2) is 92.8 Å². The van der Waals surface area contributed by atoms with Crippen LogP contribution in [0.3, 0.4) is 0 Å². The number of ether oxygens (including phenoxy) is 11. The van der Waals surface area contributed by atoms with E-state index in [-0.39, 0.29) is 26.2 Å². The highest BCUT2D eigenvalue weighted by molar-refractivity contribution is 14.1. The molecule has 5 aromatic carbocycles. The summed E-state index contributed by atoms with van der Waals surface area (Å²) >= 11 is 2.28. The molecule has 4 aliphatic rings. The minimum atomic E-state index is -1.75. The molecular formula is C51H54INO11. The number of hydrogen-bond donors (Lipinski definition) is 0. The number of fused-ring (bicyclic) bond motifs is 3. The molecule has 5 aromatic rings. The third-order valence-electron chi connectivity index (χ3n) is 12.1. The fourth-order valence-corrected chi connectivity index (χ4v) is 9.68. The van der Waals surface area contributed by atoms with E-state index in [1.165, 1.54) is 0 Å². The van der Waals surface area contributed by atoms with Crippen LogP contribution in [0.25, 0.3) is 10.8 Å². The summed E-state index contributed by atoms with van der Waals surface area (Å²) in [5.74, 6) is -2.68. The summed E-state index contributed by atoms with van der Waals surface area (Å²) in [6.07, 6.45) is -8.32. The summed E-state index contributed by atoms with van der Waals surface area (Å²) < 4.78 is 74.5. The van der Waals surface area contributed by atoms with Gasteiger partial charge in [0.1, 0.15) is 54.9 Å². The lowest BCUT2D eigenvalue weighted by Crippen LogP contribution is -2.71. The Bertz CT molecular complexity index is 2370. The summed E-state index contributed by atoms with van der Waals surface area (Å²) in [7, 11) is 1.59. The van der Waals surface area contributed by atoms with Gasteiger partial charge < -0.3 is 52.1 Å². The van der Waals surface area contributed by atoms with Crippen molar-refractivity contribution in [1.82, 2.24) is 0 Å². The molecule has 4 heterocycles. The zero-order valence-electron chi connectivity index (χ0n) is 36.3. The molecule has 336 valence electrons. The molecule has 0 saturated carbocycles. The van der Waals surface area contributed by atoms with Crippen LogP contribution < -0.4 is 0 Å². The number of nitrogens with zero attached hydrogens (tertiary/aromatic N) is 1. The molecule has 12 nitrogen and oxygen atoms in total. The molecule has 0 radical (unpaired) electrons. The van der Waals surface area contributed by atoms with Crippen LogP contribution in [-0.2, 0) is 78.3 Å². The standard InChI is InChI=1S/C51H54INO11/c1-32-41(44-47(48(54-4)58-32)63-50(2,3)62-44)59-49-46(57-28-34-17-9-6-10-18-34)43(56-29-35-23-24-36-19-11-12-20-37(36)25-35)45-42(60-49)40(30-55-27-33-15-7-5-8-16-33)61-51(31-53,64-45)26-38-21-13-14-22-39(38)52/h5-25,32,40-49H,26-30H2,1-4H3/t32-,40?,41-,42+,43-,44+,45+,46-,47+,48+,49+,51?/m0/s1. The first kappa shape index (κ1) is 45.3. The highest BCUT2D eigenvalue weighted by Crippen LogP contribution is 2.44. The van der Waals surface area contributed by atoms with Crippen molar-refractivity contribution < 1.29 is 52.1 Å². The van der Waals surface area contributed by atoms with Gasteiger partial charge in [0.2, 0.25) is 0 Å². The van der Waals surface area contributed by atoms with Gasteiger partial charge in [0.05, 0.1) is 32.5 Å². The maximum absolute atomic E-state index is 11.2. The predicted molar refractivity (Wildman–Crippen MR) is 243 cm³/mol. The van der Waals surface area contributed by atoms with Gasteiger partial charge in [-0.25, -0.2) is 0 Å². The molecule has 2 unspecified atom stereocenters. The van der Waals surface area contributed by atoms with E-state index >= 15 is 0 Å². The van der Waals surface area contributed by atoms with Crippen LogP contribution in [0.1, 0.15) is 43.0 Å². The second-order valence-electron chi connectivity index (χ2n) is 17.2. The molecule has 0 spiro atoms. The van der Waals surface area contributed by atoms with Crippen molar-refractivity contribution in [1.29, 1.82) is 5.26 Å². The Hall–Kier alpha value is -3.86. The van der Waals surface area contributed by atoms with Gasteiger partial charge in [0, 0.05) is 17.1 Å². The van der Waals surface area contributed by atoms with E-state index < -0.39 is 79.1 Å². The van der Waals surface area contributed by atoms with E-state index in [9.17, 15) is 5.26 Å². The quantitative estimate of drug-likeness (QED) is 0.0936. The third kappa shape index (κ3) is 10.1. The number of halogens is 1. The van der Waals surface area contributed by atoms with Crippen molar-refractivity contribution in [2.24, 2.45) is 0 Å². The van der Waals surface area contributed by atoms with Gasteiger partial charge >= 0.3 is 0 Å². The van der Waals surface area contributed by atoms with Crippen molar-refractivity contribution >= 4 is 33.4 Å². The van der Waals surface area contributed by atoms with E-state index in [1.807, 2.05) is 118 Å². The van der Waals surface area contributed by atoms with Crippen molar-refractivity contribution in [3.63, 3.8) is 0 Å². The Morgan fingerprint density at radius 2 is 1.27 bits per heavy atom. The Balaban J connectivity index is 1.11. The number of hydrogen-bond acceptors (Lipinski definition) is 12. The van der Waals surface area contributed by atoms with Crippen molar-refractivity contribution in [2.75, 3.05) is 13.7 Å². The Morgan fingerprint density at radius 3 is 2.00 bits per heavy atom. The molecule has 4 saturated heterocycles. The molecule has 9 rings (SSSR count). The SMILES string of the molecule is CO[C@@H]1O[C@@H](C)[C@H](O[C@@H]2O[C@@H]3C(COCc4ccccc4)OC(C#N)(Cc4ccccc4I)O[C@H]3[C@H](OCc3ccc4ccccc4c3)[C@@H]2OCc2ccccc2)[C@H]2OC(C)(C)O[C@@H]12. The molecule has 64 heavy (non-hydrogen) atoms. The van der Waals surface area contributed by atoms with E-state index in [4.69, 9.17) is 52.1 Å². The van der Waals surface area contributed by atoms with Gasteiger partial charge in [0.15, 0.2) is 18.4 Å². The van der Waals surface area contributed by atoms with Crippen LogP contribution in [0, 0.1) is 14.9 Å². The molecule has 4 aliphatic heterocycles. The summed E-state index contributed by atoms with van der Waals surface area (Å²) in [6.45, 7) is 6.42. The summed E-state index contributed by atoms with van der Waals surface area (Å²) in [6, 6.07) is 44.6. The van der Waals surface area contributed by atoms with Crippen molar-refractivity contribution in [2.45, 2.75) is 126 Å². The third-order valence-corrected chi connectivity index (χ3v) is 13.2. The van der Waals surface area contributed by atoms with Crippen LogP contribution in [0.4, 0.5) is 0 Å². The largest absolute Gasteiger partial charge is 0.374 e. The lowest BCUT2D eigenvalue weighted by Gasteiger charge is -2.54.